The molecule has 0 unspecified atom stereocenters. The smallest absolute Gasteiger partial charge is 0.338 e. The van der Waals surface area contributed by atoms with Gasteiger partial charge in [0.15, 0.2) is 5.78 Å². The number of ketones is 1. The largest absolute Gasteiger partial charge is 0.416 e. The van der Waals surface area contributed by atoms with Crippen LogP contribution in [0.1, 0.15) is 48.5 Å². The van der Waals surface area contributed by atoms with E-state index in [2.05, 4.69) is 5.32 Å². The number of carbonyl (C=O) groups excluding carboxylic acids is 2. The minimum Gasteiger partial charge on any atom is -0.338 e. The van der Waals surface area contributed by atoms with E-state index in [4.69, 9.17) is 0 Å². The van der Waals surface area contributed by atoms with Gasteiger partial charge in [0.1, 0.15) is 0 Å². The molecule has 1 atom stereocenters. The van der Waals surface area contributed by atoms with E-state index < -0.39 is 17.7 Å². The maximum absolute atomic E-state index is 12.8. The highest BCUT2D eigenvalue weighted by Crippen LogP contribution is 2.30. The highest BCUT2D eigenvalue weighted by Gasteiger charge is 2.33. The summed E-state index contributed by atoms with van der Waals surface area (Å²) in [7, 11) is 0. The fourth-order valence-corrected chi connectivity index (χ4v) is 2.94. The van der Waals surface area contributed by atoms with Crippen LogP contribution in [0.5, 0.6) is 0 Å². The number of hydrogen-bond acceptors (Lipinski definition) is 2. The van der Waals surface area contributed by atoms with E-state index in [1.165, 1.54) is 12.1 Å². The summed E-state index contributed by atoms with van der Waals surface area (Å²) in [5, 5.41) is 2.81. The fourth-order valence-electron chi connectivity index (χ4n) is 2.94. The summed E-state index contributed by atoms with van der Waals surface area (Å²) in [5.74, 6) is -0.800. The van der Waals surface area contributed by atoms with Crippen LogP contribution in [0.15, 0.2) is 24.3 Å². The number of piperidine rings is 1. The number of urea groups is 1. The number of carbonyl (C=O) groups is 2. The molecular formula is C18H23F3N2O2. The molecule has 138 valence electrons. The first kappa shape index (κ1) is 19.3. The van der Waals surface area contributed by atoms with E-state index >= 15 is 0 Å². The van der Waals surface area contributed by atoms with Gasteiger partial charge in [-0.3, -0.25) is 4.79 Å². The number of amides is 2. The van der Waals surface area contributed by atoms with Crippen molar-refractivity contribution in [2.45, 2.75) is 38.8 Å². The summed E-state index contributed by atoms with van der Waals surface area (Å²) in [6.45, 7) is 3.41. The Morgan fingerprint density at radius 1 is 1.32 bits per heavy atom. The first-order chi connectivity index (χ1) is 11.8. The Morgan fingerprint density at radius 3 is 2.76 bits per heavy atom. The van der Waals surface area contributed by atoms with Crippen molar-refractivity contribution in [3.05, 3.63) is 35.4 Å². The lowest BCUT2D eigenvalue weighted by Gasteiger charge is -2.32. The Labute approximate surface area is 145 Å². The standard InChI is InChI=1S/C18H23F3N2O2/c1-2-3-9-22-17(25)23-10-5-7-14(12-23)16(24)13-6-4-8-15(11-13)18(19,20)21/h4,6,8,11,14H,2-3,5,7,9-10,12H2,1H3,(H,22,25)/t14-/m1/s1. The Bertz CT molecular complexity index is 617. The molecule has 0 aromatic heterocycles. The Hall–Kier alpha value is -2.05. The second-order valence-corrected chi connectivity index (χ2v) is 6.31. The Balaban J connectivity index is 2.03. The van der Waals surface area contributed by atoms with Gasteiger partial charge in [0.05, 0.1) is 5.56 Å². The third kappa shape index (κ3) is 5.21. The van der Waals surface area contributed by atoms with Crippen LogP contribution in [0.2, 0.25) is 0 Å². The zero-order valence-electron chi connectivity index (χ0n) is 14.2. The molecule has 0 aliphatic carbocycles. The molecule has 2 rings (SSSR count). The second-order valence-electron chi connectivity index (χ2n) is 6.31. The van der Waals surface area contributed by atoms with Crippen molar-refractivity contribution in [1.29, 1.82) is 0 Å². The average molecular weight is 356 g/mol. The van der Waals surface area contributed by atoms with Gasteiger partial charge in [0.2, 0.25) is 0 Å². The van der Waals surface area contributed by atoms with Crippen molar-refractivity contribution < 1.29 is 22.8 Å². The monoisotopic (exact) mass is 356 g/mol. The molecule has 7 heteroatoms. The predicted molar refractivity (Wildman–Crippen MR) is 88.4 cm³/mol. The molecule has 1 saturated heterocycles. The molecule has 0 saturated carbocycles. The van der Waals surface area contributed by atoms with E-state index in [9.17, 15) is 22.8 Å². The van der Waals surface area contributed by atoms with Crippen molar-refractivity contribution in [1.82, 2.24) is 10.2 Å². The number of nitrogens with zero attached hydrogens (tertiary/aromatic N) is 1. The minimum atomic E-state index is -4.48. The lowest BCUT2D eigenvalue weighted by Crippen LogP contribution is -2.47. The normalized spacial score (nSPS) is 18.1. The number of Topliss-reactive ketones (excluding diaryl/α,β-unsaturated/α-hetero) is 1. The van der Waals surface area contributed by atoms with Crippen LogP contribution in [0.3, 0.4) is 0 Å². The van der Waals surface area contributed by atoms with E-state index in [1.807, 2.05) is 6.92 Å². The van der Waals surface area contributed by atoms with Gasteiger partial charge in [-0.25, -0.2) is 4.79 Å². The third-order valence-corrected chi connectivity index (χ3v) is 4.36. The van der Waals surface area contributed by atoms with Gasteiger partial charge in [0.25, 0.3) is 0 Å². The Morgan fingerprint density at radius 2 is 2.08 bits per heavy atom. The molecule has 1 aliphatic rings. The van der Waals surface area contributed by atoms with Crippen LogP contribution in [-0.2, 0) is 6.18 Å². The molecule has 0 bridgehead atoms. The average Bonchev–Trinajstić information content (AvgIpc) is 2.60. The summed E-state index contributed by atoms with van der Waals surface area (Å²) in [5.41, 5.74) is -0.781. The molecule has 2 amide bonds. The first-order valence-electron chi connectivity index (χ1n) is 8.57. The lowest BCUT2D eigenvalue weighted by molar-refractivity contribution is -0.137. The van der Waals surface area contributed by atoms with Gasteiger partial charge < -0.3 is 10.2 Å². The molecule has 1 aliphatic heterocycles. The van der Waals surface area contributed by atoms with Crippen molar-refractivity contribution in [3.63, 3.8) is 0 Å². The van der Waals surface area contributed by atoms with Gasteiger partial charge in [-0.15, -0.1) is 0 Å². The number of hydrogen-bond donors (Lipinski definition) is 1. The second kappa shape index (κ2) is 8.36. The van der Waals surface area contributed by atoms with Gasteiger partial charge in [0, 0.05) is 31.1 Å². The number of alkyl halides is 3. The maximum Gasteiger partial charge on any atom is 0.416 e. The molecule has 4 nitrogen and oxygen atoms in total. The fraction of sp³-hybridized carbons (Fsp3) is 0.556. The van der Waals surface area contributed by atoms with Crippen molar-refractivity contribution in [2.75, 3.05) is 19.6 Å². The van der Waals surface area contributed by atoms with E-state index in [0.717, 1.165) is 25.0 Å². The molecule has 1 heterocycles. The van der Waals surface area contributed by atoms with Crippen LogP contribution in [0.25, 0.3) is 0 Å². The Kier molecular flexibility index (Phi) is 6.45. The molecule has 1 N–H and O–H groups in total. The maximum atomic E-state index is 12.8. The van der Waals surface area contributed by atoms with Crippen molar-refractivity contribution in [3.8, 4) is 0 Å². The number of likely N-dealkylation sites (tertiary alicyclic amines) is 1. The summed E-state index contributed by atoms with van der Waals surface area (Å²) in [6, 6.07) is 4.27. The van der Waals surface area contributed by atoms with Crippen LogP contribution in [-0.4, -0.2) is 36.3 Å². The molecular weight excluding hydrogens is 333 g/mol. The zero-order valence-corrected chi connectivity index (χ0v) is 14.2. The van der Waals surface area contributed by atoms with Gasteiger partial charge >= 0.3 is 12.2 Å². The minimum absolute atomic E-state index is 0.0491. The van der Waals surface area contributed by atoms with Crippen LogP contribution < -0.4 is 5.32 Å². The van der Waals surface area contributed by atoms with Crippen molar-refractivity contribution in [2.24, 2.45) is 5.92 Å². The number of unbranched alkanes of at least 4 members (excludes halogenated alkanes) is 1. The van der Waals surface area contributed by atoms with Crippen LogP contribution in [0, 0.1) is 5.92 Å². The molecule has 0 spiro atoms. The first-order valence-corrected chi connectivity index (χ1v) is 8.57. The van der Waals surface area contributed by atoms with Crippen LogP contribution >= 0.6 is 0 Å². The quantitative estimate of drug-likeness (QED) is 0.638. The number of benzene rings is 1. The zero-order chi connectivity index (χ0) is 18.4. The number of rotatable bonds is 5. The molecule has 1 aromatic carbocycles. The lowest BCUT2D eigenvalue weighted by atomic mass is 9.89. The topological polar surface area (TPSA) is 49.4 Å². The molecule has 0 radical (unpaired) electrons. The van der Waals surface area contributed by atoms with E-state index in [-0.39, 0.29) is 23.9 Å². The number of nitrogens with one attached hydrogen (secondary N) is 1. The predicted octanol–water partition coefficient (Wildman–Crippen LogP) is 4.11. The SMILES string of the molecule is CCCCNC(=O)N1CCC[C@@H](C(=O)c2cccc(C(F)(F)F)c2)C1. The highest BCUT2D eigenvalue weighted by atomic mass is 19.4. The van der Waals surface area contributed by atoms with E-state index in [0.29, 0.717) is 25.9 Å². The summed E-state index contributed by atoms with van der Waals surface area (Å²) in [6.07, 6.45) is -1.39. The molecule has 25 heavy (non-hydrogen) atoms. The van der Waals surface area contributed by atoms with E-state index in [1.54, 1.807) is 4.90 Å². The highest BCUT2D eigenvalue weighted by molar-refractivity contribution is 5.98. The van der Waals surface area contributed by atoms with Gasteiger partial charge in [-0.2, -0.15) is 13.2 Å². The number of halogens is 3. The summed E-state index contributed by atoms with van der Waals surface area (Å²) >= 11 is 0. The summed E-state index contributed by atoms with van der Waals surface area (Å²) in [4.78, 5) is 26.3. The van der Waals surface area contributed by atoms with Gasteiger partial charge in [-0.05, 0) is 31.4 Å². The molecule has 1 fully saturated rings. The summed E-state index contributed by atoms with van der Waals surface area (Å²) < 4.78 is 38.4. The third-order valence-electron chi connectivity index (χ3n) is 4.36. The van der Waals surface area contributed by atoms with Crippen LogP contribution in [0.4, 0.5) is 18.0 Å². The van der Waals surface area contributed by atoms with Crippen molar-refractivity contribution >= 4 is 11.8 Å². The van der Waals surface area contributed by atoms with Gasteiger partial charge in [-0.1, -0.05) is 25.5 Å². The molecule has 1 aromatic rings.